The Hall–Kier alpha value is -2.05. The number of halogens is 1. The van der Waals surface area contributed by atoms with Crippen molar-refractivity contribution in [1.82, 2.24) is 10.6 Å². The van der Waals surface area contributed by atoms with E-state index in [1.165, 1.54) is 0 Å². The van der Waals surface area contributed by atoms with Crippen LogP contribution in [0.25, 0.3) is 0 Å². The lowest BCUT2D eigenvalue weighted by Crippen LogP contribution is -2.45. The van der Waals surface area contributed by atoms with Gasteiger partial charge in [0.15, 0.2) is 0 Å². The molecule has 1 heterocycles. The summed E-state index contributed by atoms with van der Waals surface area (Å²) in [6.45, 7) is 5.95. The summed E-state index contributed by atoms with van der Waals surface area (Å²) in [5.74, 6) is -0.493. The number of carbonyl (C=O) groups is 2. The minimum atomic E-state index is -0.588. The second-order valence-electron chi connectivity index (χ2n) is 5.68. The average molecular weight is 353 g/mol. The van der Waals surface area contributed by atoms with Gasteiger partial charge in [-0.15, -0.1) is 0 Å². The van der Waals surface area contributed by atoms with Crippen LogP contribution in [0.3, 0.4) is 0 Å². The topological polar surface area (TPSA) is 76.7 Å². The third kappa shape index (κ3) is 4.72. The van der Waals surface area contributed by atoms with Crippen molar-refractivity contribution in [3.05, 3.63) is 46.1 Å². The Labute approximate surface area is 146 Å². The lowest BCUT2D eigenvalue weighted by molar-refractivity contribution is -0.141. The Morgan fingerprint density at radius 1 is 1.25 bits per heavy atom. The van der Waals surface area contributed by atoms with Crippen LogP contribution < -0.4 is 10.6 Å². The maximum absolute atomic E-state index is 12.5. The molecule has 0 unspecified atom stereocenters. The van der Waals surface area contributed by atoms with Crippen molar-refractivity contribution in [2.45, 2.75) is 32.9 Å². The number of hydrogen-bond donors (Lipinski definition) is 2. The first-order valence-corrected chi connectivity index (χ1v) is 8.08. The van der Waals surface area contributed by atoms with Crippen LogP contribution in [0, 0.1) is 0 Å². The predicted molar refractivity (Wildman–Crippen MR) is 90.6 cm³/mol. The van der Waals surface area contributed by atoms with Gasteiger partial charge >= 0.3 is 12.0 Å². The average Bonchev–Trinajstić information content (AvgIpc) is 2.51. The third-order valence-electron chi connectivity index (χ3n) is 3.46. The SMILES string of the molecule is CC1=C(C(=O)OCCOC(C)C)[C@H](c2ccc(Cl)cc2)NC(=O)N1. The van der Waals surface area contributed by atoms with Crippen LogP contribution in [-0.4, -0.2) is 31.3 Å². The van der Waals surface area contributed by atoms with Gasteiger partial charge in [0.05, 0.1) is 24.3 Å². The van der Waals surface area contributed by atoms with Gasteiger partial charge in [0.25, 0.3) is 0 Å². The van der Waals surface area contributed by atoms with Gasteiger partial charge in [-0.05, 0) is 38.5 Å². The normalized spacial score (nSPS) is 17.5. The van der Waals surface area contributed by atoms with Crippen LogP contribution in [0.2, 0.25) is 5.02 Å². The first-order valence-electron chi connectivity index (χ1n) is 7.71. The zero-order chi connectivity index (χ0) is 17.7. The molecule has 1 aliphatic heterocycles. The standard InChI is InChI=1S/C17H21ClN2O4/c1-10(2)23-8-9-24-16(21)14-11(3)19-17(22)20-15(14)12-4-6-13(18)7-5-12/h4-7,10,15H,8-9H2,1-3H3,(H2,19,20,22)/t15-/m0/s1. The summed E-state index contributed by atoms with van der Waals surface area (Å²) in [7, 11) is 0. The molecule has 0 fully saturated rings. The molecule has 2 rings (SSSR count). The minimum absolute atomic E-state index is 0.0714. The molecule has 0 aromatic heterocycles. The maximum Gasteiger partial charge on any atom is 0.338 e. The number of esters is 1. The number of rotatable bonds is 6. The van der Waals surface area contributed by atoms with E-state index in [1.54, 1.807) is 31.2 Å². The number of amides is 2. The quantitative estimate of drug-likeness (QED) is 0.609. The summed E-state index contributed by atoms with van der Waals surface area (Å²) in [4.78, 5) is 24.2. The highest BCUT2D eigenvalue weighted by atomic mass is 35.5. The fourth-order valence-corrected chi connectivity index (χ4v) is 2.49. The van der Waals surface area contributed by atoms with Crippen molar-refractivity contribution in [2.24, 2.45) is 0 Å². The molecular weight excluding hydrogens is 332 g/mol. The highest BCUT2D eigenvalue weighted by Gasteiger charge is 2.32. The molecule has 2 amide bonds. The van der Waals surface area contributed by atoms with Gasteiger partial charge in [-0.25, -0.2) is 9.59 Å². The summed E-state index contributed by atoms with van der Waals surface area (Å²) in [5, 5.41) is 5.92. The molecule has 0 radical (unpaired) electrons. The summed E-state index contributed by atoms with van der Waals surface area (Å²) < 4.78 is 10.6. The van der Waals surface area contributed by atoms with E-state index in [0.717, 1.165) is 5.56 Å². The lowest BCUT2D eigenvalue weighted by atomic mass is 9.96. The molecule has 0 saturated heterocycles. The van der Waals surface area contributed by atoms with E-state index in [2.05, 4.69) is 10.6 Å². The molecule has 1 aromatic rings. The third-order valence-corrected chi connectivity index (χ3v) is 3.71. The van der Waals surface area contributed by atoms with E-state index in [-0.39, 0.29) is 18.7 Å². The molecule has 0 aliphatic carbocycles. The number of ether oxygens (including phenoxy) is 2. The Morgan fingerprint density at radius 3 is 2.54 bits per heavy atom. The van der Waals surface area contributed by atoms with E-state index >= 15 is 0 Å². The zero-order valence-corrected chi connectivity index (χ0v) is 14.6. The van der Waals surface area contributed by atoms with Gasteiger partial charge in [-0.3, -0.25) is 0 Å². The Balaban J connectivity index is 2.16. The molecular formula is C17H21ClN2O4. The number of urea groups is 1. The van der Waals surface area contributed by atoms with Crippen molar-refractivity contribution >= 4 is 23.6 Å². The second-order valence-corrected chi connectivity index (χ2v) is 6.11. The van der Waals surface area contributed by atoms with Crippen molar-refractivity contribution < 1.29 is 19.1 Å². The fourth-order valence-electron chi connectivity index (χ4n) is 2.37. The summed E-state index contributed by atoms with van der Waals surface area (Å²) >= 11 is 5.90. The van der Waals surface area contributed by atoms with Crippen molar-refractivity contribution in [2.75, 3.05) is 13.2 Å². The van der Waals surface area contributed by atoms with Crippen LogP contribution in [0.5, 0.6) is 0 Å². The summed E-state index contributed by atoms with van der Waals surface area (Å²) in [6, 6.07) is 5.99. The van der Waals surface area contributed by atoms with Gasteiger partial charge in [0.2, 0.25) is 0 Å². The Bertz CT molecular complexity index is 640. The van der Waals surface area contributed by atoms with Gasteiger partial charge in [-0.2, -0.15) is 0 Å². The molecule has 0 spiro atoms. The molecule has 0 bridgehead atoms. The monoisotopic (exact) mass is 352 g/mol. The second kappa shape index (κ2) is 8.17. The highest BCUT2D eigenvalue weighted by molar-refractivity contribution is 6.30. The molecule has 2 N–H and O–H groups in total. The Morgan fingerprint density at radius 2 is 1.92 bits per heavy atom. The number of carbonyl (C=O) groups excluding carboxylic acids is 2. The van der Waals surface area contributed by atoms with Crippen LogP contribution in [0.4, 0.5) is 4.79 Å². The van der Waals surface area contributed by atoms with Gasteiger partial charge < -0.3 is 20.1 Å². The van der Waals surface area contributed by atoms with E-state index < -0.39 is 12.0 Å². The molecule has 1 atom stereocenters. The molecule has 1 aromatic carbocycles. The largest absolute Gasteiger partial charge is 0.460 e. The molecule has 7 heteroatoms. The Kier molecular flexibility index (Phi) is 6.23. The van der Waals surface area contributed by atoms with Crippen molar-refractivity contribution in [3.63, 3.8) is 0 Å². The number of allylic oxidation sites excluding steroid dienone is 1. The molecule has 6 nitrogen and oxygen atoms in total. The smallest absolute Gasteiger partial charge is 0.338 e. The van der Waals surface area contributed by atoms with E-state index in [4.69, 9.17) is 21.1 Å². The van der Waals surface area contributed by atoms with Crippen LogP contribution in [-0.2, 0) is 14.3 Å². The lowest BCUT2D eigenvalue weighted by Gasteiger charge is -2.28. The fraction of sp³-hybridized carbons (Fsp3) is 0.412. The van der Waals surface area contributed by atoms with E-state index in [9.17, 15) is 9.59 Å². The number of benzene rings is 1. The molecule has 130 valence electrons. The molecule has 24 heavy (non-hydrogen) atoms. The maximum atomic E-state index is 12.5. The van der Waals surface area contributed by atoms with Crippen LogP contribution in [0.15, 0.2) is 35.5 Å². The summed E-state index contributed by atoms with van der Waals surface area (Å²) in [5.41, 5.74) is 1.58. The zero-order valence-electron chi connectivity index (χ0n) is 13.9. The molecule has 1 aliphatic rings. The number of hydrogen-bond acceptors (Lipinski definition) is 4. The van der Waals surface area contributed by atoms with E-state index in [0.29, 0.717) is 22.9 Å². The molecule has 0 saturated carbocycles. The van der Waals surface area contributed by atoms with E-state index in [1.807, 2.05) is 13.8 Å². The van der Waals surface area contributed by atoms with Crippen LogP contribution in [0.1, 0.15) is 32.4 Å². The number of nitrogens with one attached hydrogen (secondary N) is 2. The van der Waals surface area contributed by atoms with Gasteiger partial charge in [0, 0.05) is 10.7 Å². The van der Waals surface area contributed by atoms with Crippen molar-refractivity contribution in [1.29, 1.82) is 0 Å². The van der Waals surface area contributed by atoms with Gasteiger partial charge in [-0.1, -0.05) is 23.7 Å². The first kappa shape index (κ1) is 18.3. The highest BCUT2D eigenvalue weighted by Crippen LogP contribution is 2.28. The summed E-state index contributed by atoms with van der Waals surface area (Å²) in [6.07, 6.45) is 0.0714. The first-order chi connectivity index (χ1) is 11.4. The van der Waals surface area contributed by atoms with Crippen LogP contribution >= 0.6 is 11.6 Å². The predicted octanol–water partition coefficient (Wildman–Crippen LogP) is 2.94. The van der Waals surface area contributed by atoms with Gasteiger partial charge in [0.1, 0.15) is 6.61 Å². The minimum Gasteiger partial charge on any atom is -0.460 e. The van der Waals surface area contributed by atoms with Crippen molar-refractivity contribution in [3.8, 4) is 0 Å².